The second-order valence-corrected chi connectivity index (χ2v) is 11.9. The molecule has 0 radical (unpaired) electrons. The molecule has 2 nitrogen and oxygen atoms in total. The SMILES string of the molecule is CC(C)(C)/N=C/c1ccccc1Pc1cc(C(C)(C)C)cc(C(C)(C)C)c1O. The molecule has 2 aromatic carbocycles. The fraction of sp³-hybridized carbons (Fsp3) is 0.480. The van der Waals surface area contributed by atoms with Gasteiger partial charge in [0.05, 0.1) is 5.54 Å². The number of nitrogens with zero attached hydrogens (tertiary/aromatic N) is 1. The van der Waals surface area contributed by atoms with Gasteiger partial charge in [0.1, 0.15) is 5.75 Å². The van der Waals surface area contributed by atoms with Gasteiger partial charge in [-0.05, 0) is 48.5 Å². The summed E-state index contributed by atoms with van der Waals surface area (Å²) >= 11 is 0. The fourth-order valence-corrected chi connectivity index (χ4v) is 4.11. The number of benzene rings is 2. The molecule has 1 N–H and O–H groups in total. The van der Waals surface area contributed by atoms with Gasteiger partial charge in [0.2, 0.25) is 0 Å². The third-order valence-electron chi connectivity index (χ3n) is 4.61. The van der Waals surface area contributed by atoms with Crippen molar-refractivity contribution >= 4 is 25.4 Å². The second kappa shape index (κ2) is 7.99. The second-order valence-electron chi connectivity index (χ2n) is 10.6. The van der Waals surface area contributed by atoms with Crippen molar-refractivity contribution in [1.29, 1.82) is 0 Å². The van der Waals surface area contributed by atoms with Crippen LogP contribution in [0.4, 0.5) is 0 Å². The maximum absolute atomic E-state index is 11.1. The third kappa shape index (κ3) is 5.92. The molecule has 1 atom stereocenters. The van der Waals surface area contributed by atoms with E-state index in [4.69, 9.17) is 0 Å². The van der Waals surface area contributed by atoms with Gasteiger partial charge in [-0.2, -0.15) is 0 Å². The van der Waals surface area contributed by atoms with Crippen LogP contribution < -0.4 is 10.6 Å². The van der Waals surface area contributed by atoms with Crippen molar-refractivity contribution < 1.29 is 5.11 Å². The van der Waals surface area contributed by atoms with Crippen LogP contribution in [0.25, 0.3) is 0 Å². The van der Waals surface area contributed by atoms with E-state index in [1.165, 1.54) is 10.9 Å². The molecule has 0 aliphatic heterocycles. The lowest BCUT2D eigenvalue weighted by atomic mass is 9.80. The van der Waals surface area contributed by atoms with Crippen molar-refractivity contribution in [2.24, 2.45) is 4.99 Å². The highest BCUT2D eigenvalue weighted by atomic mass is 31.1. The summed E-state index contributed by atoms with van der Waals surface area (Å²) in [4.78, 5) is 4.68. The summed E-state index contributed by atoms with van der Waals surface area (Å²) in [5.74, 6) is 0.432. The Kier molecular flexibility index (Phi) is 6.46. The smallest absolute Gasteiger partial charge is 0.127 e. The molecule has 0 amide bonds. The molecule has 28 heavy (non-hydrogen) atoms. The first-order valence-electron chi connectivity index (χ1n) is 9.98. The van der Waals surface area contributed by atoms with Crippen LogP contribution >= 0.6 is 8.58 Å². The van der Waals surface area contributed by atoms with Crippen LogP contribution in [0.3, 0.4) is 0 Å². The van der Waals surface area contributed by atoms with E-state index in [1.807, 2.05) is 12.3 Å². The average molecular weight is 398 g/mol. The Hall–Kier alpha value is -1.66. The fourth-order valence-electron chi connectivity index (χ4n) is 2.87. The van der Waals surface area contributed by atoms with Gasteiger partial charge < -0.3 is 5.11 Å². The Morgan fingerprint density at radius 1 is 0.821 bits per heavy atom. The van der Waals surface area contributed by atoms with Gasteiger partial charge in [-0.15, -0.1) is 0 Å². The van der Waals surface area contributed by atoms with Crippen molar-refractivity contribution in [3.8, 4) is 5.75 Å². The van der Waals surface area contributed by atoms with Crippen molar-refractivity contribution in [3.05, 3.63) is 53.1 Å². The molecule has 0 saturated heterocycles. The van der Waals surface area contributed by atoms with E-state index in [2.05, 4.69) is 97.6 Å². The molecule has 0 aliphatic carbocycles. The standard InChI is InChI=1S/C25H36NOP/c1-23(2,3)18-14-19(24(4,5)6)22(27)21(15-18)28-20-13-11-10-12-17(20)16-26-25(7,8)9/h10-16,27-28H,1-9H3/b26-16+. The normalized spacial score (nSPS) is 13.8. The van der Waals surface area contributed by atoms with Crippen molar-refractivity contribution in [3.63, 3.8) is 0 Å². The molecule has 0 heterocycles. The van der Waals surface area contributed by atoms with Crippen LogP contribution in [0.1, 0.15) is 79.0 Å². The largest absolute Gasteiger partial charge is 0.507 e. The van der Waals surface area contributed by atoms with Crippen LogP contribution in [0.15, 0.2) is 41.4 Å². The molecule has 0 bridgehead atoms. The van der Waals surface area contributed by atoms with Crippen LogP contribution in [0.2, 0.25) is 0 Å². The van der Waals surface area contributed by atoms with E-state index >= 15 is 0 Å². The summed E-state index contributed by atoms with van der Waals surface area (Å²) in [5, 5.41) is 13.3. The monoisotopic (exact) mass is 397 g/mol. The highest BCUT2D eigenvalue weighted by Crippen LogP contribution is 2.36. The number of phenols is 1. The average Bonchev–Trinajstić information content (AvgIpc) is 2.53. The first-order valence-corrected chi connectivity index (χ1v) is 11.0. The van der Waals surface area contributed by atoms with E-state index in [1.54, 1.807) is 0 Å². The Labute approximate surface area is 173 Å². The molecule has 3 heteroatoms. The number of phenolic OH excluding ortho intramolecular Hbond substituents is 1. The van der Waals surface area contributed by atoms with Gasteiger partial charge in [-0.25, -0.2) is 0 Å². The van der Waals surface area contributed by atoms with E-state index < -0.39 is 0 Å². The Morgan fingerprint density at radius 3 is 1.96 bits per heavy atom. The molecule has 2 rings (SSSR count). The summed E-state index contributed by atoms with van der Waals surface area (Å²) in [7, 11) is 0.377. The zero-order valence-electron chi connectivity index (χ0n) is 18.9. The van der Waals surface area contributed by atoms with Gasteiger partial charge in [0, 0.05) is 22.6 Å². The van der Waals surface area contributed by atoms with Crippen molar-refractivity contribution in [2.45, 2.75) is 78.7 Å². The first kappa shape index (κ1) is 22.6. The third-order valence-corrected chi connectivity index (χ3v) is 5.98. The molecule has 0 spiro atoms. The minimum atomic E-state index is -0.113. The molecule has 0 fully saturated rings. The first-order chi connectivity index (χ1) is 12.7. The minimum Gasteiger partial charge on any atom is -0.507 e. The lowest BCUT2D eigenvalue weighted by Crippen LogP contribution is -2.21. The minimum absolute atomic E-state index is 0.0279. The van der Waals surface area contributed by atoms with E-state index in [9.17, 15) is 5.11 Å². The number of hydrogen-bond acceptors (Lipinski definition) is 2. The highest BCUT2D eigenvalue weighted by molar-refractivity contribution is 7.56. The molecule has 152 valence electrons. The lowest BCUT2D eigenvalue weighted by Gasteiger charge is -2.27. The van der Waals surface area contributed by atoms with Crippen molar-refractivity contribution in [2.75, 3.05) is 0 Å². The van der Waals surface area contributed by atoms with E-state index in [-0.39, 0.29) is 16.4 Å². The molecule has 0 aliphatic rings. The summed E-state index contributed by atoms with van der Waals surface area (Å²) in [6.07, 6.45) is 1.97. The zero-order chi connectivity index (χ0) is 21.3. The van der Waals surface area contributed by atoms with Crippen LogP contribution in [0.5, 0.6) is 5.75 Å². The number of rotatable bonds is 3. The number of hydrogen-bond donors (Lipinski definition) is 1. The quantitative estimate of drug-likeness (QED) is 0.513. The molecular weight excluding hydrogens is 361 g/mol. The van der Waals surface area contributed by atoms with Crippen molar-refractivity contribution in [1.82, 2.24) is 0 Å². The van der Waals surface area contributed by atoms with Gasteiger partial charge >= 0.3 is 0 Å². The summed E-state index contributed by atoms with van der Waals surface area (Å²) < 4.78 is 0. The Bertz CT molecular complexity index is 862. The predicted octanol–water partition coefficient (Wildman–Crippen LogP) is 5.83. The molecule has 2 aromatic rings. The van der Waals surface area contributed by atoms with Gasteiger partial charge in [0.15, 0.2) is 0 Å². The topological polar surface area (TPSA) is 32.6 Å². The number of aliphatic imine (C=N–C) groups is 1. The summed E-state index contributed by atoms with van der Waals surface area (Å²) in [6, 6.07) is 12.7. The van der Waals surface area contributed by atoms with Crippen LogP contribution in [-0.4, -0.2) is 16.9 Å². The molecule has 1 unspecified atom stereocenters. The van der Waals surface area contributed by atoms with Gasteiger partial charge in [0.25, 0.3) is 0 Å². The molecule has 0 saturated carbocycles. The molecule has 0 aromatic heterocycles. The highest BCUT2D eigenvalue weighted by Gasteiger charge is 2.25. The Morgan fingerprint density at radius 2 is 1.43 bits per heavy atom. The zero-order valence-corrected chi connectivity index (χ0v) is 19.9. The van der Waals surface area contributed by atoms with E-state index in [0.717, 1.165) is 16.4 Å². The lowest BCUT2D eigenvalue weighted by molar-refractivity contribution is 0.449. The van der Waals surface area contributed by atoms with Crippen LogP contribution in [0, 0.1) is 0 Å². The Balaban J connectivity index is 2.57. The maximum atomic E-state index is 11.1. The van der Waals surface area contributed by atoms with Gasteiger partial charge in [-0.1, -0.05) is 80.5 Å². The van der Waals surface area contributed by atoms with E-state index in [0.29, 0.717) is 14.3 Å². The maximum Gasteiger partial charge on any atom is 0.127 e. The summed E-state index contributed by atoms with van der Waals surface area (Å²) in [6.45, 7) is 19.4. The predicted molar refractivity (Wildman–Crippen MR) is 127 cm³/mol. The summed E-state index contributed by atoms with van der Waals surface area (Å²) in [5.41, 5.74) is 3.21. The number of aromatic hydroxyl groups is 1. The van der Waals surface area contributed by atoms with Gasteiger partial charge in [-0.3, -0.25) is 4.99 Å². The van der Waals surface area contributed by atoms with Crippen LogP contribution in [-0.2, 0) is 10.8 Å². The molecular formula is C25H36NOP.